The fourth-order valence-corrected chi connectivity index (χ4v) is 4.73. The first-order chi connectivity index (χ1) is 17.3. The minimum Gasteiger partial charge on any atom is -0.508 e. The van der Waals surface area contributed by atoms with Crippen molar-refractivity contribution >= 4 is 11.9 Å². The molecule has 3 atom stereocenters. The standard InChI is InChI=1S/C21H26N2O3S.C7H5NO/c1-21(2,3)23-27-18-7-5-4-6-15(18)14-8-9-19(22-12-14)26-17-13-25-16-10-11-24-20(16)17;8-5-6-2-1-3-7(9)4-6/h4-9,12,16-17,20,23H,10-11,13H2,1-3H3;1-4,9H. The van der Waals surface area contributed by atoms with Crippen LogP contribution in [0.4, 0.5) is 0 Å². The van der Waals surface area contributed by atoms with Gasteiger partial charge in [-0.15, -0.1) is 0 Å². The van der Waals surface area contributed by atoms with Crippen molar-refractivity contribution in [3.63, 3.8) is 0 Å². The summed E-state index contributed by atoms with van der Waals surface area (Å²) in [6.07, 6.45) is 2.96. The van der Waals surface area contributed by atoms with Gasteiger partial charge in [0.2, 0.25) is 5.88 Å². The van der Waals surface area contributed by atoms with E-state index in [1.54, 1.807) is 24.1 Å². The van der Waals surface area contributed by atoms with Crippen LogP contribution in [-0.2, 0) is 9.47 Å². The molecule has 2 aromatic carbocycles. The van der Waals surface area contributed by atoms with Gasteiger partial charge in [-0.2, -0.15) is 5.26 Å². The van der Waals surface area contributed by atoms with Crippen molar-refractivity contribution in [2.75, 3.05) is 13.2 Å². The van der Waals surface area contributed by atoms with Gasteiger partial charge in [0.1, 0.15) is 11.9 Å². The Morgan fingerprint density at radius 2 is 1.94 bits per heavy atom. The van der Waals surface area contributed by atoms with E-state index in [9.17, 15) is 0 Å². The van der Waals surface area contributed by atoms with Crippen LogP contribution in [0.3, 0.4) is 0 Å². The smallest absolute Gasteiger partial charge is 0.213 e. The molecule has 1 aromatic heterocycles. The van der Waals surface area contributed by atoms with Crippen LogP contribution < -0.4 is 9.46 Å². The first-order valence-corrected chi connectivity index (χ1v) is 12.7. The summed E-state index contributed by atoms with van der Waals surface area (Å²) in [6, 6.07) is 20.5. The number of aromatic nitrogens is 1. The minimum absolute atomic E-state index is 0.0343. The highest BCUT2D eigenvalue weighted by Gasteiger charge is 2.43. The fourth-order valence-electron chi connectivity index (χ4n) is 3.87. The molecule has 8 heteroatoms. The fraction of sp³-hybridized carbons (Fsp3) is 0.357. The lowest BCUT2D eigenvalue weighted by molar-refractivity contribution is 0.0289. The number of fused-ring (bicyclic) bond motifs is 1. The highest BCUT2D eigenvalue weighted by Crippen LogP contribution is 2.32. The predicted molar refractivity (Wildman–Crippen MR) is 140 cm³/mol. The third kappa shape index (κ3) is 6.99. The Morgan fingerprint density at radius 1 is 1.11 bits per heavy atom. The molecule has 3 unspecified atom stereocenters. The van der Waals surface area contributed by atoms with E-state index in [1.807, 2.05) is 24.4 Å². The molecule has 2 aliphatic rings. The maximum Gasteiger partial charge on any atom is 0.213 e. The molecule has 0 aliphatic carbocycles. The molecule has 3 aromatic rings. The summed E-state index contributed by atoms with van der Waals surface area (Å²) in [4.78, 5) is 5.69. The second-order valence-corrected chi connectivity index (χ2v) is 10.5. The number of aromatic hydroxyl groups is 1. The topological polar surface area (TPSA) is 96.6 Å². The van der Waals surface area contributed by atoms with Crippen LogP contribution >= 0.6 is 11.9 Å². The molecule has 5 rings (SSSR count). The molecule has 0 radical (unpaired) electrons. The largest absolute Gasteiger partial charge is 0.508 e. The van der Waals surface area contributed by atoms with Crippen LogP contribution in [-0.4, -0.2) is 47.2 Å². The molecule has 0 amide bonds. The molecule has 2 N–H and O–H groups in total. The zero-order chi connectivity index (χ0) is 25.5. The molecule has 36 heavy (non-hydrogen) atoms. The number of benzene rings is 2. The first-order valence-electron chi connectivity index (χ1n) is 11.9. The number of hydrogen-bond donors (Lipinski definition) is 2. The van der Waals surface area contributed by atoms with Gasteiger partial charge in [0.05, 0.1) is 24.3 Å². The van der Waals surface area contributed by atoms with Gasteiger partial charge in [0.25, 0.3) is 0 Å². The van der Waals surface area contributed by atoms with Crippen molar-refractivity contribution < 1.29 is 19.3 Å². The third-order valence-corrected chi connectivity index (χ3v) is 6.86. The molecule has 0 saturated carbocycles. The van der Waals surface area contributed by atoms with Crippen LogP contribution in [0, 0.1) is 11.3 Å². The van der Waals surface area contributed by atoms with E-state index >= 15 is 0 Å². The van der Waals surface area contributed by atoms with Gasteiger partial charge in [0, 0.05) is 34.9 Å². The van der Waals surface area contributed by atoms with E-state index in [0.717, 1.165) is 24.2 Å². The molecule has 0 bridgehead atoms. The summed E-state index contributed by atoms with van der Waals surface area (Å²) >= 11 is 1.65. The molecule has 7 nitrogen and oxygen atoms in total. The second-order valence-electron chi connectivity index (χ2n) is 9.65. The molecule has 2 fully saturated rings. The lowest BCUT2D eigenvalue weighted by Crippen LogP contribution is -2.32. The Hall–Kier alpha value is -3.09. The number of rotatable bonds is 5. The van der Waals surface area contributed by atoms with Crippen LogP contribution in [0.25, 0.3) is 11.1 Å². The molecule has 3 heterocycles. The van der Waals surface area contributed by atoms with Crippen LogP contribution in [0.15, 0.2) is 71.8 Å². The lowest BCUT2D eigenvalue weighted by atomic mass is 10.1. The van der Waals surface area contributed by atoms with Gasteiger partial charge >= 0.3 is 0 Å². The molecule has 2 saturated heterocycles. The summed E-state index contributed by atoms with van der Waals surface area (Å²) in [5.41, 5.74) is 2.74. The number of phenolic OH excluding ortho intramolecular Hbond substituents is 1. The number of pyridine rings is 1. The van der Waals surface area contributed by atoms with Gasteiger partial charge in [0.15, 0.2) is 6.10 Å². The number of phenols is 1. The SMILES string of the molecule is CC(C)(C)NSc1ccccc1-c1ccc(OC2COC3CCOC32)nc1.N#Cc1cccc(O)c1. The summed E-state index contributed by atoms with van der Waals surface area (Å²) in [5.74, 6) is 0.746. The molecule has 188 valence electrons. The van der Waals surface area contributed by atoms with E-state index < -0.39 is 0 Å². The van der Waals surface area contributed by atoms with Crippen molar-refractivity contribution in [3.8, 4) is 28.8 Å². The van der Waals surface area contributed by atoms with Gasteiger partial charge in [-0.3, -0.25) is 4.72 Å². The third-order valence-electron chi connectivity index (χ3n) is 5.57. The van der Waals surface area contributed by atoms with Crippen molar-refractivity contribution in [3.05, 3.63) is 72.4 Å². The zero-order valence-electron chi connectivity index (χ0n) is 20.7. The van der Waals surface area contributed by atoms with Crippen molar-refractivity contribution in [2.45, 2.75) is 55.9 Å². The van der Waals surface area contributed by atoms with Crippen LogP contribution in [0.5, 0.6) is 11.6 Å². The van der Waals surface area contributed by atoms with E-state index in [2.05, 4.69) is 54.7 Å². The van der Waals surface area contributed by atoms with E-state index in [0.29, 0.717) is 18.1 Å². The highest BCUT2D eigenvalue weighted by molar-refractivity contribution is 7.97. The summed E-state index contributed by atoms with van der Waals surface area (Å²) < 4.78 is 21.0. The van der Waals surface area contributed by atoms with E-state index in [4.69, 9.17) is 24.6 Å². The monoisotopic (exact) mass is 505 g/mol. The quantitative estimate of drug-likeness (QED) is 0.449. The second kappa shape index (κ2) is 11.8. The number of ether oxygens (including phenoxy) is 3. The van der Waals surface area contributed by atoms with E-state index in [-0.39, 0.29) is 29.6 Å². The number of nitriles is 1. The van der Waals surface area contributed by atoms with Crippen molar-refractivity contribution in [1.82, 2.24) is 9.71 Å². The maximum atomic E-state index is 8.79. The lowest BCUT2D eigenvalue weighted by Gasteiger charge is -2.20. The van der Waals surface area contributed by atoms with Gasteiger partial charge in [-0.05, 0) is 75.0 Å². The van der Waals surface area contributed by atoms with Gasteiger partial charge < -0.3 is 19.3 Å². The first kappa shape index (κ1) is 26.0. The highest BCUT2D eigenvalue weighted by atomic mass is 32.2. The Balaban J connectivity index is 0.000000286. The van der Waals surface area contributed by atoms with Crippen LogP contribution in [0.2, 0.25) is 0 Å². The van der Waals surface area contributed by atoms with Crippen molar-refractivity contribution in [1.29, 1.82) is 5.26 Å². The average Bonchev–Trinajstić information content (AvgIpc) is 3.49. The molecule has 2 aliphatic heterocycles. The van der Waals surface area contributed by atoms with Crippen LogP contribution in [0.1, 0.15) is 32.8 Å². The van der Waals surface area contributed by atoms with Crippen molar-refractivity contribution in [2.24, 2.45) is 0 Å². The Kier molecular flexibility index (Phi) is 8.49. The van der Waals surface area contributed by atoms with Gasteiger partial charge in [-0.25, -0.2) is 4.98 Å². The average molecular weight is 506 g/mol. The Bertz CT molecular complexity index is 1190. The molecule has 0 spiro atoms. The number of hydrogen-bond acceptors (Lipinski definition) is 8. The molecular weight excluding hydrogens is 474 g/mol. The summed E-state index contributed by atoms with van der Waals surface area (Å²) in [6.45, 7) is 7.78. The minimum atomic E-state index is -0.0744. The van der Waals surface area contributed by atoms with Gasteiger partial charge in [-0.1, -0.05) is 24.3 Å². The summed E-state index contributed by atoms with van der Waals surface area (Å²) in [7, 11) is 0. The van der Waals surface area contributed by atoms with E-state index in [1.165, 1.54) is 17.0 Å². The normalized spacial score (nSPS) is 20.7. The Labute approximate surface area is 216 Å². The predicted octanol–water partition coefficient (Wildman–Crippen LogP) is 5.34. The number of nitrogens with zero attached hydrogens (tertiary/aromatic N) is 2. The maximum absolute atomic E-state index is 8.79. The zero-order valence-corrected chi connectivity index (χ0v) is 21.5. The molecular formula is C28H31N3O4S. The Morgan fingerprint density at radius 3 is 2.64 bits per heavy atom. The summed E-state index contributed by atoms with van der Waals surface area (Å²) in [5, 5.41) is 17.1. The number of nitrogens with one attached hydrogen (secondary N) is 1.